The van der Waals surface area contributed by atoms with E-state index in [4.69, 9.17) is 11.5 Å². The maximum absolute atomic E-state index is 6.12. The van der Waals surface area contributed by atoms with E-state index >= 15 is 0 Å². The van der Waals surface area contributed by atoms with E-state index in [1.807, 2.05) is 30.3 Å². The Balaban J connectivity index is 0.00000140. The average molecular weight is 538 g/mol. The first-order valence-electron chi connectivity index (χ1n) is 12.7. The molecule has 1 unspecified atom stereocenters. The fourth-order valence-corrected chi connectivity index (χ4v) is 29.3. The molecule has 1 atom stereocenters. The zero-order valence-corrected chi connectivity index (χ0v) is 26.3. The van der Waals surface area contributed by atoms with Crippen molar-refractivity contribution >= 4 is 32.6 Å². The van der Waals surface area contributed by atoms with Crippen LogP contribution in [0.25, 0.3) is 0 Å². The zero-order valence-electron chi connectivity index (χ0n) is 22.6. The van der Waals surface area contributed by atoms with Crippen molar-refractivity contribution in [3.63, 3.8) is 0 Å². The number of halogens is 1. The van der Waals surface area contributed by atoms with Gasteiger partial charge in [-0.2, -0.15) is 18.2 Å². The second-order valence-electron chi connectivity index (χ2n) is 11.8. The van der Waals surface area contributed by atoms with Gasteiger partial charge < -0.3 is 0 Å². The first-order valence-corrected chi connectivity index (χ1v) is 18.8. The second kappa shape index (κ2) is 14.8. The van der Waals surface area contributed by atoms with Crippen LogP contribution in [-0.4, -0.2) is 35.8 Å². The Morgan fingerprint density at radius 3 is 1.56 bits per heavy atom. The van der Waals surface area contributed by atoms with Gasteiger partial charge in [-0.3, -0.25) is 0 Å². The molecule has 2 rings (SSSR count). The number of hydrogen-bond acceptors (Lipinski definition) is 0. The van der Waals surface area contributed by atoms with Crippen LogP contribution in [0.5, 0.6) is 0 Å². The molecule has 6 heteroatoms. The fourth-order valence-electron chi connectivity index (χ4n) is 5.38. The summed E-state index contributed by atoms with van der Waals surface area (Å²) in [6.45, 7) is 20.1. The van der Waals surface area contributed by atoms with Crippen LogP contribution in [0.3, 0.4) is 0 Å². The van der Waals surface area contributed by atoms with Gasteiger partial charge in [0.15, 0.2) is 0 Å². The van der Waals surface area contributed by atoms with E-state index in [9.17, 15) is 0 Å². The van der Waals surface area contributed by atoms with Crippen molar-refractivity contribution in [3.8, 4) is 0 Å². The maximum atomic E-state index is 6.12. The van der Waals surface area contributed by atoms with Crippen molar-refractivity contribution < 1.29 is 28.5 Å². The van der Waals surface area contributed by atoms with Gasteiger partial charge in [-0.25, -0.2) is 31.3 Å². The summed E-state index contributed by atoms with van der Waals surface area (Å²) >= 11 is 6.12. The third-order valence-electron chi connectivity index (χ3n) is 8.30. The SMILES string of the molecule is CCCC[P+]([BH2-][P+]([BH2-][ClH+])([c-]1cccc1)C(C)(C)C)(CCCC)C(C)(C)C.[Fe].c1cc[cH-]c1. The Bertz CT molecular complexity index is 665. The molecule has 0 fully saturated rings. The van der Waals surface area contributed by atoms with Crippen LogP contribution >= 0.6 is 14.2 Å². The van der Waals surface area contributed by atoms with E-state index in [0.717, 1.165) is 0 Å². The Morgan fingerprint density at radius 1 is 0.812 bits per heavy atom. The van der Waals surface area contributed by atoms with E-state index in [0.29, 0.717) is 10.3 Å². The van der Waals surface area contributed by atoms with Gasteiger partial charge in [-0.15, -0.1) is 30.7 Å². The predicted octanol–water partition coefficient (Wildman–Crippen LogP) is 6.95. The molecule has 0 amide bonds. The van der Waals surface area contributed by atoms with Crippen molar-refractivity contribution in [2.24, 2.45) is 0 Å². The van der Waals surface area contributed by atoms with Gasteiger partial charge in [0, 0.05) is 34.5 Å². The summed E-state index contributed by atoms with van der Waals surface area (Å²) < 4.78 is 0. The van der Waals surface area contributed by atoms with Gasteiger partial charge in [-0.05, 0) is 59.5 Å². The largest absolute Gasteiger partial charge is 0.372 e. The summed E-state index contributed by atoms with van der Waals surface area (Å²) in [6.07, 6.45) is 8.31. The smallest absolute Gasteiger partial charge is 0.235 e. The standard InChI is InChI=1S/C21H45B2ClP2.C5H5.Fe/c1-9-11-17-25(18-12-10-2,20(3,4)5)23-26(22-24,21(6,7)8)19-15-13-14-16-19;1-2-4-5-3-1;/h13-16,24H,9-12,17-18,22-23H2,1-8H3;1-5H;/q;-1;. The Morgan fingerprint density at radius 2 is 1.28 bits per heavy atom. The molecular weight excluding hydrogens is 487 g/mol. The van der Waals surface area contributed by atoms with Gasteiger partial charge in [-0.1, -0.05) is 32.0 Å². The minimum Gasteiger partial charge on any atom is -0.235 e. The molecule has 0 aliphatic rings. The van der Waals surface area contributed by atoms with Gasteiger partial charge in [0.1, 0.15) is 0 Å². The molecule has 0 saturated carbocycles. The predicted molar refractivity (Wildman–Crippen MR) is 155 cm³/mol. The molecule has 0 nitrogen and oxygen atoms in total. The van der Waals surface area contributed by atoms with Gasteiger partial charge in [0.2, 0.25) is 0 Å². The number of rotatable bonds is 10. The minimum atomic E-state index is -1.15. The van der Waals surface area contributed by atoms with Crippen LogP contribution in [-0.2, 0) is 17.1 Å². The third kappa shape index (κ3) is 8.62. The monoisotopic (exact) mass is 537 g/mol. The Labute approximate surface area is 218 Å². The Hall–Kier alpha value is 0.499. The molecule has 0 spiro atoms. The van der Waals surface area contributed by atoms with Crippen molar-refractivity contribution in [1.82, 2.24) is 0 Å². The van der Waals surface area contributed by atoms with Crippen molar-refractivity contribution in [2.75, 3.05) is 12.3 Å². The molecule has 0 aliphatic heterocycles. The molecule has 32 heavy (non-hydrogen) atoms. The molecule has 0 heterocycles. The molecular formula is C26H50B2ClFeP2-. The van der Waals surface area contributed by atoms with Gasteiger partial charge in [0.25, 0.3) is 6.72 Å². The summed E-state index contributed by atoms with van der Waals surface area (Å²) in [4.78, 5) is 0. The average Bonchev–Trinajstić information content (AvgIpc) is 3.42. The van der Waals surface area contributed by atoms with Crippen LogP contribution < -0.4 is 5.30 Å². The molecule has 2 aromatic rings. The third-order valence-corrected chi connectivity index (χ3v) is 28.3. The van der Waals surface area contributed by atoms with Crippen molar-refractivity contribution in [2.45, 2.75) is 91.4 Å². The maximum Gasteiger partial charge on any atom is 0.372 e. The van der Waals surface area contributed by atoms with Gasteiger partial charge >= 0.3 is 6.41 Å². The molecule has 0 saturated heterocycles. The minimum absolute atomic E-state index is 0. The first-order chi connectivity index (χ1) is 14.5. The van der Waals surface area contributed by atoms with Crippen LogP contribution in [0.15, 0.2) is 54.6 Å². The topological polar surface area (TPSA) is 0 Å². The Kier molecular flexibility index (Phi) is 15.0. The quantitative estimate of drug-likeness (QED) is 0.175. The number of hydrogen-bond donors (Lipinski definition) is 0. The van der Waals surface area contributed by atoms with Crippen LogP contribution in [0.2, 0.25) is 0 Å². The molecule has 186 valence electrons. The van der Waals surface area contributed by atoms with E-state index in [1.165, 1.54) is 38.0 Å². The van der Waals surface area contributed by atoms with Crippen LogP contribution in [0.1, 0.15) is 81.1 Å². The molecule has 0 bridgehead atoms. The fraction of sp³-hybridized carbons (Fsp3) is 0.615. The van der Waals surface area contributed by atoms with Gasteiger partial charge in [0.05, 0.1) is 0 Å². The number of unbranched alkanes of at least 4 members (excludes halogenated alkanes) is 2. The normalized spacial score (nSPS) is 14.2. The van der Waals surface area contributed by atoms with E-state index < -0.39 is 14.2 Å². The molecule has 0 aromatic heterocycles. The molecule has 0 N–H and O–H groups in total. The molecule has 0 aliphatic carbocycles. The second-order valence-corrected chi connectivity index (χ2v) is 24.7. The van der Waals surface area contributed by atoms with Crippen LogP contribution in [0, 0.1) is 11.5 Å². The van der Waals surface area contributed by atoms with E-state index in [1.54, 1.807) is 5.30 Å². The summed E-state index contributed by atoms with van der Waals surface area (Å²) in [5.74, 6) is 0. The zero-order chi connectivity index (χ0) is 23.6. The van der Waals surface area contributed by atoms with Crippen molar-refractivity contribution in [3.05, 3.63) is 54.6 Å². The molecule has 2 aromatic carbocycles. The van der Waals surface area contributed by atoms with Crippen LogP contribution in [0.4, 0.5) is 0 Å². The summed E-state index contributed by atoms with van der Waals surface area (Å²) in [6, 6.07) is 19.5. The van der Waals surface area contributed by atoms with E-state index in [-0.39, 0.29) is 30.2 Å². The summed E-state index contributed by atoms with van der Waals surface area (Å²) in [5.41, 5.74) is 0. The molecule has 0 radical (unpaired) electrons. The van der Waals surface area contributed by atoms with Crippen molar-refractivity contribution in [1.29, 1.82) is 0 Å². The van der Waals surface area contributed by atoms with E-state index in [2.05, 4.69) is 79.7 Å². The summed E-state index contributed by atoms with van der Waals surface area (Å²) in [5, 5.41) is 2.61. The summed E-state index contributed by atoms with van der Waals surface area (Å²) in [7, 11) is -2.10. The first kappa shape index (κ1) is 32.5.